The largest absolute Gasteiger partial charge is 0.340 e. The minimum atomic E-state index is -4.02. The molecule has 0 spiro atoms. The maximum absolute atomic E-state index is 14.4. The molecule has 4 rings (SSSR count). The van der Waals surface area contributed by atoms with Crippen LogP contribution in [0.4, 0.5) is 4.39 Å². The fraction of sp³-hybridized carbons (Fsp3) is 0.364. The molecular formula is C22H24FN5O4S. The van der Waals surface area contributed by atoms with E-state index in [9.17, 15) is 17.6 Å². The molecule has 1 unspecified atom stereocenters. The minimum absolute atomic E-state index is 0.0219. The molecule has 1 N–H and O–H groups in total. The molecule has 1 saturated heterocycles. The van der Waals surface area contributed by atoms with Crippen LogP contribution in [-0.4, -0.2) is 46.8 Å². The Hall–Kier alpha value is -3.18. The standard InChI is InChI=1S/C22H24FN5O4S/c1-14(2)19(22-26-20(27-32-22)15-7-9-24-10-8-15)25-21(29)16-5-6-17(23)18(13-16)33(30,31)28-11-3-4-12-28/h5-10,13-14,19H,3-4,11-12H2,1-2H3,(H,25,29). The lowest BCUT2D eigenvalue weighted by Gasteiger charge is -2.19. The van der Waals surface area contributed by atoms with E-state index in [0.29, 0.717) is 24.5 Å². The first kappa shape index (κ1) is 23.0. The third-order valence-corrected chi connectivity index (χ3v) is 7.39. The first-order valence-electron chi connectivity index (χ1n) is 10.6. The highest BCUT2D eigenvalue weighted by molar-refractivity contribution is 7.89. The van der Waals surface area contributed by atoms with E-state index in [1.807, 2.05) is 13.8 Å². The van der Waals surface area contributed by atoms with Gasteiger partial charge in [-0.05, 0) is 49.1 Å². The van der Waals surface area contributed by atoms with Gasteiger partial charge >= 0.3 is 0 Å². The first-order valence-corrected chi connectivity index (χ1v) is 12.1. The number of nitrogens with zero attached hydrogens (tertiary/aromatic N) is 4. The average molecular weight is 474 g/mol. The molecule has 0 saturated carbocycles. The van der Waals surface area contributed by atoms with E-state index in [2.05, 4.69) is 20.4 Å². The quantitative estimate of drug-likeness (QED) is 0.560. The number of pyridine rings is 1. The smallest absolute Gasteiger partial charge is 0.251 e. The third-order valence-electron chi connectivity index (χ3n) is 5.48. The number of benzene rings is 1. The molecule has 0 bridgehead atoms. The van der Waals surface area contributed by atoms with Crippen molar-refractivity contribution in [2.75, 3.05) is 13.1 Å². The second-order valence-corrected chi connectivity index (χ2v) is 10.1. The van der Waals surface area contributed by atoms with Gasteiger partial charge in [0.2, 0.25) is 21.7 Å². The monoisotopic (exact) mass is 473 g/mol. The van der Waals surface area contributed by atoms with E-state index in [1.165, 1.54) is 10.4 Å². The van der Waals surface area contributed by atoms with Gasteiger partial charge < -0.3 is 9.84 Å². The molecule has 2 aromatic heterocycles. The van der Waals surface area contributed by atoms with Crippen LogP contribution in [0.15, 0.2) is 52.1 Å². The van der Waals surface area contributed by atoms with Crippen molar-refractivity contribution in [2.45, 2.75) is 37.6 Å². The number of aromatic nitrogens is 3. The van der Waals surface area contributed by atoms with Crippen molar-refractivity contribution in [1.29, 1.82) is 0 Å². The molecule has 3 heterocycles. The zero-order valence-electron chi connectivity index (χ0n) is 18.2. The molecule has 1 amide bonds. The summed E-state index contributed by atoms with van der Waals surface area (Å²) in [6.45, 7) is 4.42. The number of halogens is 1. The molecule has 33 heavy (non-hydrogen) atoms. The number of nitrogens with one attached hydrogen (secondary N) is 1. The average Bonchev–Trinajstić information content (AvgIpc) is 3.51. The van der Waals surface area contributed by atoms with Crippen LogP contribution in [0, 0.1) is 11.7 Å². The number of amides is 1. The van der Waals surface area contributed by atoms with E-state index < -0.39 is 32.7 Å². The van der Waals surface area contributed by atoms with Crippen molar-refractivity contribution in [3.8, 4) is 11.4 Å². The summed E-state index contributed by atoms with van der Waals surface area (Å²) in [7, 11) is -4.02. The van der Waals surface area contributed by atoms with Crippen molar-refractivity contribution < 1.29 is 22.1 Å². The maximum atomic E-state index is 14.4. The van der Waals surface area contributed by atoms with Gasteiger partial charge in [-0.2, -0.15) is 9.29 Å². The Morgan fingerprint density at radius 1 is 1.15 bits per heavy atom. The number of carbonyl (C=O) groups is 1. The van der Waals surface area contributed by atoms with Crippen LogP contribution >= 0.6 is 0 Å². The molecule has 0 aliphatic carbocycles. The Morgan fingerprint density at radius 2 is 1.85 bits per heavy atom. The van der Waals surface area contributed by atoms with Gasteiger partial charge in [0.05, 0.1) is 0 Å². The second kappa shape index (κ2) is 9.36. The summed E-state index contributed by atoms with van der Waals surface area (Å²) in [5.41, 5.74) is 0.734. The molecular weight excluding hydrogens is 449 g/mol. The molecule has 1 aromatic carbocycles. The number of rotatable bonds is 7. The Balaban J connectivity index is 1.58. The summed E-state index contributed by atoms with van der Waals surface area (Å²) in [6.07, 6.45) is 4.66. The van der Waals surface area contributed by atoms with E-state index >= 15 is 0 Å². The lowest BCUT2D eigenvalue weighted by atomic mass is 10.0. The molecule has 174 valence electrons. The predicted molar refractivity (Wildman–Crippen MR) is 117 cm³/mol. The molecule has 1 aliphatic rings. The van der Waals surface area contributed by atoms with Crippen molar-refractivity contribution in [2.24, 2.45) is 5.92 Å². The fourth-order valence-electron chi connectivity index (χ4n) is 3.63. The molecule has 1 aliphatic heterocycles. The van der Waals surface area contributed by atoms with Gasteiger partial charge in [0.1, 0.15) is 16.8 Å². The van der Waals surface area contributed by atoms with Crippen LogP contribution in [0.2, 0.25) is 0 Å². The zero-order chi connectivity index (χ0) is 23.6. The van der Waals surface area contributed by atoms with Gasteiger partial charge in [0.15, 0.2) is 0 Å². The van der Waals surface area contributed by atoms with Gasteiger partial charge in [-0.1, -0.05) is 19.0 Å². The highest BCUT2D eigenvalue weighted by Gasteiger charge is 2.31. The van der Waals surface area contributed by atoms with Crippen molar-refractivity contribution in [1.82, 2.24) is 24.7 Å². The third kappa shape index (κ3) is 4.79. The highest BCUT2D eigenvalue weighted by atomic mass is 32.2. The van der Waals surface area contributed by atoms with E-state index in [4.69, 9.17) is 4.52 Å². The number of carbonyl (C=O) groups excluding carboxylic acids is 1. The molecule has 9 nitrogen and oxygen atoms in total. The lowest BCUT2D eigenvalue weighted by molar-refractivity contribution is 0.0913. The van der Waals surface area contributed by atoms with Crippen molar-refractivity contribution in [3.05, 3.63) is 60.0 Å². The number of hydrogen-bond donors (Lipinski definition) is 1. The maximum Gasteiger partial charge on any atom is 0.251 e. The highest BCUT2D eigenvalue weighted by Crippen LogP contribution is 2.26. The molecule has 1 fully saturated rings. The van der Waals surface area contributed by atoms with E-state index in [0.717, 1.165) is 25.0 Å². The lowest BCUT2D eigenvalue weighted by Crippen LogP contribution is -2.33. The fourth-order valence-corrected chi connectivity index (χ4v) is 5.24. The van der Waals surface area contributed by atoms with Crippen LogP contribution < -0.4 is 5.32 Å². The van der Waals surface area contributed by atoms with Crippen LogP contribution in [0.5, 0.6) is 0 Å². The van der Waals surface area contributed by atoms with Crippen molar-refractivity contribution in [3.63, 3.8) is 0 Å². The van der Waals surface area contributed by atoms with Gasteiger partial charge in [-0.15, -0.1) is 0 Å². The van der Waals surface area contributed by atoms with Crippen molar-refractivity contribution >= 4 is 15.9 Å². The molecule has 11 heteroatoms. The molecule has 1 atom stereocenters. The van der Waals surface area contributed by atoms with E-state index in [-0.39, 0.29) is 17.4 Å². The summed E-state index contributed by atoms with van der Waals surface area (Å²) in [5.74, 6) is -1.02. The van der Waals surface area contributed by atoms with Crippen LogP contribution in [0.3, 0.4) is 0 Å². The number of sulfonamides is 1. The Bertz CT molecular complexity index is 1240. The first-order chi connectivity index (χ1) is 15.8. The predicted octanol–water partition coefficient (Wildman–Crippen LogP) is 3.18. The van der Waals surface area contributed by atoms with Crippen LogP contribution in [-0.2, 0) is 10.0 Å². The van der Waals surface area contributed by atoms with Gasteiger partial charge in [-0.3, -0.25) is 9.78 Å². The van der Waals surface area contributed by atoms with E-state index in [1.54, 1.807) is 24.5 Å². The summed E-state index contributed by atoms with van der Waals surface area (Å²) in [6, 6.07) is 6.16. The van der Waals surface area contributed by atoms with Gasteiger partial charge in [0.25, 0.3) is 5.91 Å². The number of hydrogen-bond acceptors (Lipinski definition) is 7. The molecule has 3 aromatic rings. The Kier molecular flexibility index (Phi) is 6.52. The summed E-state index contributed by atoms with van der Waals surface area (Å²) < 4.78 is 46.7. The van der Waals surface area contributed by atoms with Crippen LogP contribution in [0.25, 0.3) is 11.4 Å². The zero-order valence-corrected chi connectivity index (χ0v) is 19.0. The second-order valence-electron chi connectivity index (χ2n) is 8.14. The minimum Gasteiger partial charge on any atom is -0.340 e. The normalized spacial score (nSPS) is 15.6. The SMILES string of the molecule is CC(C)C(NC(=O)c1ccc(F)c(S(=O)(=O)N2CCCC2)c1)c1nc(-c2ccncc2)no1. The summed E-state index contributed by atoms with van der Waals surface area (Å²) >= 11 is 0. The van der Waals surface area contributed by atoms with Gasteiger partial charge in [0, 0.05) is 36.6 Å². The summed E-state index contributed by atoms with van der Waals surface area (Å²) in [5, 5.41) is 6.78. The Morgan fingerprint density at radius 3 is 2.52 bits per heavy atom. The van der Waals surface area contributed by atoms with Gasteiger partial charge in [-0.25, -0.2) is 12.8 Å². The topological polar surface area (TPSA) is 118 Å². The van der Waals surface area contributed by atoms with Crippen LogP contribution in [0.1, 0.15) is 49.0 Å². The molecule has 0 radical (unpaired) electrons. The summed E-state index contributed by atoms with van der Waals surface area (Å²) in [4.78, 5) is 20.8. The Labute approximate surface area is 191 Å².